The first-order valence-corrected chi connectivity index (χ1v) is 31.4. The van der Waals surface area contributed by atoms with Crippen LogP contribution in [0.3, 0.4) is 0 Å². The van der Waals surface area contributed by atoms with Gasteiger partial charge in [-0.1, -0.05) is 48.5 Å². The normalized spacial score (nSPS) is 59.2. The minimum absolute atomic E-state index is 0.121. The van der Waals surface area contributed by atoms with Gasteiger partial charge in [0.05, 0.1) is 0 Å². The Morgan fingerprint density at radius 3 is 1.19 bits per heavy atom. The van der Waals surface area contributed by atoms with Gasteiger partial charge in [0.1, 0.15) is 17.3 Å². The number of Topliss-reactive ketones (excluding diaryl/α,β-unsaturated/α-hetero) is 3. The first-order chi connectivity index (χ1) is 32.7. The maximum atomic E-state index is 11.9. The van der Waals surface area contributed by atoms with Crippen molar-refractivity contribution in [3.05, 3.63) is 0 Å². The number of rotatable bonds is 0. The fourth-order valence-corrected chi connectivity index (χ4v) is 25.9. The number of ketones is 3. The Kier molecular flexibility index (Phi) is 11.8. The molecule has 24 aliphatic rings. The lowest BCUT2D eigenvalue weighted by atomic mass is 9.45. The summed E-state index contributed by atoms with van der Waals surface area (Å²) >= 11 is 0. The van der Waals surface area contributed by atoms with E-state index in [0.717, 1.165) is 136 Å². The smallest absolute Gasteiger partial charge is 0.141 e. The van der Waals surface area contributed by atoms with Gasteiger partial charge in [-0.2, -0.15) is 0 Å². The van der Waals surface area contributed by atoms with E-state index in [4.69, 9.17) is 0 Å². The Bertz CT molecular complexity index is 1880. The van der Waals surface area contributed by atoms with Gasteiger partial charge in [0.15, 0.2) is 0 Å². The van der Waals surface area contributed by atoms with Crippen LogP contribution in [0.2, 0.25) is 0 Å². The predicted molar refractivity (Wildman–Crippen MR) is 279 cm³/mol. The van der Waals surface area contributed by atoms with Crippen molar-refractivity contribution >= 4 is 17.3 Å². The largest absolute Gasteiger partial charge is 0.299 e. The number of hydrogen-bond acceptors (Lipinski definition) is 3. The van der Waals surface area contributed by atoms with Crippen LogP contribution in [-0.4, -0.2) is 17.3 Å². The maximum Gasteiger partial charge on any atom is 0.141 e. The molecule has 0 spiro atoms. The molecule has 9 atom stereocenters. The summed E-state index contributed by atoms with van der Waals surface area (Å²) in [5.41, 5.74) is 3.03. The van der Waals surface area contributed by atoms with Crippen molar-refractivity contribution in [1.82, 2.24) is 0 Å². The molecule has 0 saturated heterocycles. The van der Waals surface area contributed by atoms with Crippen molar-refractivity contribution < 1.29 is 14.4 Å². The highest BCUT2D eigenvalue weighted by Crippen LogP contribution is 2.67. The molecular weight excluding hydrogens is 841 g/mol. The summed E-state index contributed by atoms with van der Waals surface area (Å²) < 4.78 is 0. The van der Waals surface area contributed by atoms with Crippen molar-refractivity contribution in [1.29, 1.82) is 0 Å². The number of carbonyl (C=O) groups is 3. The van der Waals surface area contributed by atoms with Crippen LogP contribution >= 0.6 is 0 Å². The molecule has 24 bridgehead atoms. The van der Waals surface area contributed by atoms with E-state index in [1.165, 1.54) is 32.1 Å². The second-order valence-corrected chi connectivity index (χ2v) is 33.2. The van der Waals surface area contributed by atoms with Crippen LogP contribution in [0, 0.1) is 151 Å². The molecule has 0 aromatic carbocycles. The topological polar surface area (TPSA) is 51.2 Å². The molecule has 0 aromatic rings. The van der Waals surface area contributed by atoms with Crippen molar-refractivity contribution in [2.24, 2.45) is 151 Å². The SMILES string of the molecule is CC12CC3CC(C1)CC(C)(C3)C2.CC12CC3CC(CC(C1)C3=O)C2=O.CC12CC3CC(CC(C3)C1)C2.CC12CC3CC(CC1C3)C2.CC1C2CC3CC(C2)C(=O)C1C3.CC1C2CC3CC(C2)CC1C3. The highest BCUT2D eigenvalue weighted by atomic mass is 16.1. The Labute approximate surface area is 422 Å². The highest BCUT2D eigenvalue weighted by Gasteiger charge is 2.59. The number of carbonyl (C=O) groups excluding carboxylic acids is 3. The summed E-state index contributed by atoms with van der Waals surface area (Å²) in [4.78, 5) is 35.4. The minimum atomic E-state index is -0.121. The Morgan fingerprint density at radius 2 is 0.754 bits per heavy atom. The number of hydrogen-bond donors (Lipinski definition) is 0. The Balaban J connectivity index is 0.0000000816. The second-order valence-electron chi connectivity index (χ2n) is 33.2. The third kappa shape index (κ3) is 8.74. The van der Waals surface area contributed by atoms with Crippen LogP contribution in [0.1, 0.15) is 241 Å². The highest BCUT2D eigenvalue weighted by molar-refractivity contribution is 5.97. The van der Waals surface area contributed by atoms with Gasteiger partial charge in [-0.3, -0.25) is 14.4 Å². The van der Waals surface area contributed by atoms with Gasteiger partial charge < -0.3 is 0 Å². The third-order valence-corrected chi connectivity index (χ3v) is 27.0. The van der Waals surface area contributed by atoms with Crippen molar-refractivity contribution in [3.8, 4) is 0 Å². The molecule has 3 heteroatoms. The van der Waals surface area contributed by atoms with Gasteiger partial charge in [0.25, 0.3) is 0 Å². The molecule has 24 fully saturated rings. The van der Waals surface area contributed by atoms with Crippen LogP contribution in [-0.2, 0) is 14.4 Å². The average Bonchev–Trinajstić information content (AvgIpc) is 3.61. The maximum absolute atomic E-state index is 11.9. The van der Waals surface area contributed by atoms with Gasteiger partial charge in [-0.05, 0) is 309 Å². The lowest BCUT2D eigenvalue weighted by Gasteiger charge is -2.60. The zero-order valence-electron chi connectivity index (χ0n) is 45.6. The summed E-state index contributed by atoms with van der Waals surface area (Å²) in [6, 6.07) is 0. The molecule has 69 heavy (non-hydrogen) atoms. The summed E-state index contributed by atoms with van der Waals surface area (Å²) in [6.07, 6.45) is 43.2. The summed E-state index contributed by atoms with van der Waals surface area (Å²) in [7, 11) is 0. The van der Waals surface area contributed by atoms with E-state index in [1.807, 2.05) is 0 Å². The van der Waals surface area contributed by atoms with Gasteiger partial charge in [0, 0.05) is 35.0 Å². The third-order valence-electron chi connectivity index (χ3n) is 27.0. The van der Waals surface area contributed by atoms with E-state index in [-0.39, 0.29) is 23.2 Å². The molecule has 24 saturated carbocycles. The van der Waals surface area contributed by atoms with Gasteiger partial charge in [0.2, 0.25) is 0 Å². The van der Waals surface area contributed by atoms with Gasteiger partial charge >= 0.3 is 0 Å². The average molecular weight is 944 g/mol. The molecule has 3 nitrogen and oxygen atoms in total. The van der Waals surface area contributed by atoms with E-state index in [1.54, 1.807) is 135 Å². The van der Waals surface area contributed by atoms with Crippen LogP contribution in [0.15, 0.2) is 0 Å². The molecule has 0 radical (unpaired) electrons. The molecular formula is C66H102O3. The predicted octanol–water partition coefficient (Wildman–Crippen LogP) is 16.6. The molecule has 24 rings (SSSR count). The van der Waals surface area contributed by atoms with Gasteiger partial charge in [-0.15, -0.1) is 0 Å². The molecule has 24 aliphatic carbocycles. The quantitative estimate of drug-likeness (QED) is 0.243. The summed E-state index contributed by atoms with van der Waals surface area (Å²) in [5, 5.41) is 0. The molecule has 384 valence electrons. The fraction of sp³-hybridized carbons (Fsp3) is 0.955. The molecule has 0 amide bonds. The molecule has 0 heterocycles. The molecule has 9 unspecified atom stereocenters. The first-order valence-electron chi connectivity index (χ1n) is 31.4. The van der Waals surface area contributed by atoms with Crippen LogP contribution in [0.5, 0.6) is 0 Å². The molecule has 0 N–H and O–H groups in total. The van der Waals surface area contributed by atoms with Gasteiger partial charge in [-0.25, -0.2) is 0 Å². The van der Waals surface area contributed by atoms with E-state index in [2.05, 4.69) is 48.5 Å². The van der Waals surface area contributed by atoms with Crippen LogP contribution < -0.4 is 0 Å². The lowest BCUT2D eigenvalue weighted by molar-refractivity contribution is -0.159. The Morgan fingerprint density at radius 1 is 0.333 bits per heavy atom. The molecule has 0 aliphatic heterocycles. The van der Waals surface area contributed by atoms with Crippen molar-refractivity contribution in [3.63, 3.8) is 0 Å². The van der Waals surface area contributed by atoms with E-state index in [9.17, 15) is 14.4 Å². The minimum Gasteiger partial charge on any atom is -0.299 e. The van der Waals surface area contributed by atoms with E-state index >= 15 is 0 Å². The second kappa shape index (κ2) is 17.0. The Hall–Kier alpha value is -0.990. The lowest BCUT2D eigenvalue weighted by Crippen LogP contribution is -2.56. The summed E-state index contributed by atoms with van der Waals surface area (Å²) in [6.45, 7) is 17.0. The van der Waals surface area contributed by atoms with E-state index < -0.39 is 0 Å². The summed E-state index contributed by atoms with van der Waals surface area (Å²) in [5.74, 6) is 20.6. The zero-order valence-corrected chi connectivity index (χ0v) is 45.6. The monoisotopic (exact) mass is 943 g/mol. The standard InChI is InChI=1S/C12H20.C11H14O2.C11H16O.2C11H18.C10H16/c1-11-4-9-3-10(5-11)7-12(2,6-9)8-11;1-11-4-7-2-6(10(11)13)3-8(5-11)9(7)12;1-6-8-2-7-3-9(5-8)11(12)10(6)4-7;1-11-5-8-2-9(6-11)4-10(3-8)7-11;1-7-10-3-8-2-9(5-10)6-11(7)4-8;1-10-5-7-2-8(6-10)4-9(10)3-7/h9-10H,3-8H2,1-2H3;6-8H,2-5H2,1H3;6-10H,2-5H2,1H3;8-10H,2-7H2,1H3;7-11H,2-6H2,1H3;7-9H,2-6H2,1H3. The first kappa shape index (κ1) is 47.7. The molecule has 0 aromatic heterocycles. The van der Waals surface area contributed by atoms with Crippen LogP contribution in [0.4, 0.5) is 0 Å². The fourth-order valence-electron chi connectivity index (χ4n) is 25.9. The van der Waals surface area contributed by atoms with Crippen molar-refractivity contribution in [2.45, 2.75) is 241 Å². The van der Waals surface area contributed by atoms with Crippen molar-refractivity contribution in [2.75, 3.05) is 0 Å². The zero-order chi connectivity index (χ0) is 47.6. The van der Waals surface area contributed by atoms with E-state index in [0.29, 0.717) is 35.1 Å². The van der Waals surface area contributed by atoms with Crippen LogP contribution in [0.25, 0.3) is 0 Å².